The molecule has 2 nitrogen and oxygen atoms in total. The quantitative estimate of drug-likeness (QED) is 0.732. The highest BCUT2D eigenvalue weighted by Gasteiger charge is 2.13. The molecule has 3 rings (SSSR count). The smallest absolute Gasteiger partial charge is 0.0660 e. The van der Waals surface area contributed by atoms with Crippen LogP contribution in [0.1, 0.15) is 24.8 Å². The van der Waals surface area contributed by atoms with Gasteiger partial charge in [0.05, 0.1) is 10.7 Å². The van der Waals surface area contributed by atoms with E-state index in [0.29, 0.717) is 0 Å². The maximum atomic E-state index is 6.48. The van der Waals surface area contributed by atoms with Crippen LogP contribution in [0.5, 0.6) is 0 Å². The van der Waals surface area contributed by atoms with Crippen LogP contribution in [-0.2, 0) is 6.54 Å². The summed E-state index contributed by atoms with van der Waals surface area (Å²) in [5.74, 6) is 0. The Morgan fingerprint density at radius 3 is 2.59 bits per heavy atom. The van der Waals surface area contributed by atoms with E-state index in [0.717, 1.165) is 40.5 Å². The van der Waals surface area contributed by atoms with E-state index in [9.17, 15) is 0 Å². The molecule has 0 atom stereocenters. The lowest BCUT2D eigenvalue weighted by atomic mass is 10.1. The number of nitrogens with one attached hydrogen (secondary N) is 1. The number of halogens is 2. The lowest BCUT2D eigenvalue weighted by molar-refractivity contribution is 0.578. The van der Waals surface area contributed by atoms with Crippen molar-refractivity contribution >= 4 is 38.9 Å². The van der Waals surface area contributed by atoms with Crippen LogP contribution in [0.2, 0.25) is 5.02 Å². The van der Waals surface area contributed by atoms with Crippen molar-refractivity contribution in [2.24, 2.45) is 0 Å². The Labute approximate surface area is 145 Å². The van der Waals surface area contributed by atoms with E-state index in [1.54, 1.807) is 0 Å². The Hall–Kier alpha value is -1.19. The number of rotatable bonds is 4. The summed E-state index contributed by atoms with van der Waals surface area (Å²) in [6.07, 6.45) is 3.86. The zero-order chi connectivity index (χ0) is 15.4. The minimum Gasteiger partial charge on any atom is -0.381 e. The van der Waals surface area contributed by atoms with Crippen LogP contribution < -0.4 is 10.2 Å². The largest absolute Gasteiger partial charge is 0.381 e. The predicted octanol–water partition coefficient (Wildman–Crippen LogP) is 5.70. The number of hydrogen-bond acceptors (Lipinski definition) is 2. The summed E-state index contributed by atoms with van der Waals surface area (Å²) < 4.78 is 1.10. The zero-order valence-corrected chi connectivity index (χ0v) is 14.8. The van der Waals surface area contributed by atoms with Gasteiger partial charge in [-0.1, -0.05) is 39.7 Å². The van der Waals surface area contributed by atoms with Gasteiger partial charge in [0.25, 0.3) is 0 Å². The normalized spacial score (nSPS) is 14.9. The van der Waals surface area contributed by atoms with Gasteiger partial charge in [-0.3, -0.25) is 0 Å². The van der Waals surface area contributed by atoms with Crippen molar-refractivity contribution in [1.82, 2.24) is 0 Å². The fourth-order valence-corrected chi connectivity index (χ4v) is 3.61. The molecule has 1 aliphatic heterocycles. The maximum Gasteiger partial charge on any atom is 0.0660 e. The first-order valence-electron chi connectivity index (χ1n) is 7.75. The highest BCUT2D eigenvalue weighted by molar-refractivity contribution is 9.10. The Morgan fingerprint density at radius 1 is 1.05 bits per heavy atom. The molecule has 0 aliphatic carbocycles. The molecule has 1 aliphatic rings. The lowest BCUT2D eigenvalue weighted by Crippen LogP contribution is -2.29. The summed E-state index contributed by atoms with van der Waals surface area (Å²) in [6.45, 7) is 3.02. The molecule has 2 aromatic carbocycles. The van der Waals surface area contributed by atoms with E-state index in [1.165, 1.54) is 24.8 Å². The van der Waals surface area contributed by atoms with Crippen molar-refractivity contribution in [2.45, 2.75) is 25.8 Å². The molecule has 4 heteroatoms. The molecule has 116 valence electrons. The number of hydrogen-bond donors (Lipinski definition) is 1. The lowest BCUT2D eigenvalue weighted by Gasteiger charge is -2.29. The third kappa shape index (κ3) is 3.96. The van der Waals surface area contributed by atoms with Crippen molar-refractivity contribution in [2.75, 3.05) is 23.3 Å². The number of nitrogens with zero attached hydrogens (tertiary/aromatic N) is 1. The van der Waals surface area contributed by atoms with Gasteiger partial charge in [-0.2, -0.15) is 0 Å². The fourth-order valence-electron chi connectivity index (χ4n) is 2.86. The number of piperidine rings is 1. The van der Waals surface area contributed by atoms with E-state index in [2.05, 4.69) is 50.4 Å². The molecule has 1 fully saturated rings. The van der Waals surface area contributed by atoms with Crippen LogP contribution in [0.15, 0.2) is 46.9 Å². The van der Waals surface area contributed by atoms with E-state index >= 15 is 0 Å². The van der Waals surface area contributed by atoms with E-state index < -0.39 is 0 Å². The molecule has 0 amide bonds. The highest BCUT2D eigenvalue weighted by atomic mass is 79.9. The van der Waals surface area contributed by atoms with Gasteiger partial charge in [-0.05, 0) is 55.2 Å². The summed E-state index contributed by atoms with van der Waals surface area (Å²) in [4.78, 5) is 2.39. The average molecular weight is 380 g/mol. The van der Waals surface area contributed by atoms with Crippen LogP contribution in [0.25, 0.3) is 0 Å². The highest BCUT2D eigenvalue weighted by Crippen LogP contribution is 2.31. The molecule has 0 radical (unpaired) electrons. The van der Waals surface area contributed by atoms with Crippen molar-refractivity contribution in [3.8, 4) is 0 Å². The molecular formula is C18H20BrClN2. The van der Waals surface area contributed by atoms with Gasteiger partial charge < -0.3 is 10.2 Å². The molecule has 0 saturated carbocycles. The molecule has 0 bridgehead atoms. The minimum absolute atomic E-state index is 0.791. The predicted molar refractivity (Wildman–Crippen MR) is 99.0 cm³/mol. The van der Waals surface area contributed by atoms with Crippen LogP contribution in [-0.4, -0.2) is 13.1 Å². The Bertz CT molecular complexity index is 639. The van der Waals surface area contributed by atoms with Crippen molar-refractivity contribution in [3.63, 3.8) is 0 Å². The summed E-state index contributed by atoms with van der Waals surface area (Å²) in [5.41, 5.74) is 3.46. The van der Waals surface area contributed by atoms with Gasteiger partial charge in [0.2, 0.25) is 0 Å². The van der Waals surface area contributed by atoms with Gasteiger partial charge in [0.15, 0.2) is 0 Å². The van der Waals surface area contributed by atoms with Crippen molar-refractivity contribution in [1.29, 1.82) is 0 Å². The SMILES string of the molecule is Clc1cc(NCc2cccc(Br)c2)ccc1N1CCCCC1. The van der Waals surface area contributed by atoms with Gasteiger partial charge in [0.1, 0.15) is 0 Å². The van der Waals surface area contributed by atoms with Crippen LogP contribution in [0.4, 0.5) is 11.4 Å². The first kappa shape index (κ1) is 15.7. The van der Waals surface area contributed by atoms with Crippen LogP contribution in [0.3, 0.4) is 0 Å². The molecule has 0 unspecified atom stereocenters. The Kier molecular flexibility index (Phi) is 5.27. The summed E-state index contributed by atoms with van der Waals surface area (Å²) >= 11 is 9.98. The third-order valence-corrected chi connectivity index (χ3v) is 4.83. The molecular weight excluding hydrogens is 360 g/mol. The van der Waals surface area contributed by atoms with Crippen molar-refractivity contribution in [3.05, 3.63) is 57.5 Å². The van der Waals surface area contributed by atoms with Gasteiger partial charge in [-0.25, -0.2) is 0 Å². The maximum absolute atomic E-state index is 6.48. The first-order valence-corrected chi connectivity index (χ1v) is 8.92. The second kappa shape index (κ2) is 7.38. The van der Waals surface area contributed by atoms with Gasteiger partial charge in [-0.15, -0.1) is 0 Å². The molecule has 1 heterocycles. The summed E-state index contributed by atoms with van der Waals surface area (Å²) in [7, 11) is 0. The second-order valence-corrected chi connectivity index (χ2v) is 7.02. The number of anilines is 2. The Morgan fingerprint density at radius 2 is 1.86 bits per heavy atom. The fraction of sp³-hybridized carbons (Fsp3) is 0.333. The second-order valence-electron chi connectivity index (χ2n) is 5.70. The monoisotopic (exact) mass is 378 g/mol. The van der Waals surface area contributed by atoms with E-state index in [4.69, 9.17) is 11.6 Å². The van der Waals surface area contributed by atoms with E-state index in [1.807, 2.05) is 18.2 Å². The van der Waals surface area contributed by atoms with Crippen LogP contribution in [0, 0.1) is 0 Å². The van der Waals surface area contributed by atoms with Gasteiger partial charge >= 0.3 is 0 Å². The minimum atomic E-state index is 0.791. The molecule has 2 aromatic rings. The first-order chi connectivity index (χ1) is 10.7. The van der Waals surface area contributed by atoms with Gasteiger partial charge in [0, 0.05) is 29.8 Å². The standard InChI is InChI=1S/C18H20BrClN2/c19-15-6-4-5-14(11-15)13-21-16-7-8-18(17(20)12-16)22-9-2-1-3-10-22/h4-8,11-12,21H,1-3,9-10,13H2. The molecule has 0 spiro atoms. The zero-order valence-electron chi connectivity index (χ0n) is 12.5. The van der Waals surface area contributed by atoms with Crippen LogP contribution >= 0.6 is 27.5 Å². The number of benzene rings is 2. The summed E-state index contributed by atoms with van der Waals surface area (Å²) in [6, 6.07) is 14.6. The average Bonchev–Trinajstić information content (AvgIpc) is 2.54. The van der Waals surface area contributed by atoms with E-state index in [-0.39, 0.29) is 0 Å². The Balaban J connectivity index is 1.66. The molecule has 1 N–H and O–H groups in total. The topological polar surface area (TPSA) is 15.3 Å². The van der Waals surface area contributed by atoms with Crippen molar-refractivity contribution < 1.29 is 0 Å². The molecule has 22 heavy (non-hydrogen) atoms. The summed E-state index contributed by atoms with van der Waals surface area (Å²) in [5, 5.41) is 4.27. The molecule has 1 saturated heterocycles. The third-order valence-electron chi connectivity index (χ3n) is 4.03. The molecule has 0 aromatic heterocycles.